The number of methoxy groups -OCH3 is 2. The maximum Gasteiger partial charge on any atom is 0.181 e. The van der Waals surface area contributed by atoms with Crippen LogP contribution in [0.25, 0.3) is 17.3 Å². The van der Waals surface area contributed by atoms with Crippen LogP contribution in [0.3, 0.4) is 0 Å². The Hall–Kier alpha value is -2.76. The number of rotatable bonds is 5. The second-order valence-electron chi connectivity index (χ2n) is 5.41. The number of hydrogen-bond acceptors (Lipinski definition) is 4. The molecule has 0 saturated heterocycles. The van der Waals surface area contributed by atoms with Crippen molar-refractivity contribution in [2.45, 2.75) is 19.9 Å². The van der Waals surface area contributed by atoms with E-state index >= 15 is 0 Å². The summed E-state index contributed by atoms with van der Waals surface area (Å²) < 4.78 is 14.9. The molecule has 120 valence electrons. The van der Waals surface area contributed by atoms with Crippen LogP contribution in [-0.4, -0.2) is 33.3 Å². The van der Waals surface area contributed by atoms with Crippen LogP contribution in [-0.2, 0) is 0 Å². The van der Waals surface area contributed by atoms with Gasteiger partial charge in [-0.05, 0) is 26.0 Å². The predicted molar refractivity (Wildman–Crippen MR) is 88.3 cm³/mol. The molecule has 0 amide bonds. The molecule has 0 aliphatic heterocycles. The second-order valence-corrected chi connectivity index (χ2v) is 5.41. The van der Waals surface area contributed by atoms with E-state index in [-0.39, 0.29) is 0 Å². The van der Waals surface area contributed by atoms with Crippen molar-refractivity contribution < 1.29 is 9.47 Å². The lowest BCUT2D eigenvalue weighted by atomic mass is 10.2. The Bertz CT molecular complexity index is 805. The van der Waals surface area contributed by atoms with E-state index in [0.717, 1.165) is 28.8 Å². The molecular formula is C17H20N4O2. The molecule has 0 bridgehead atoms. The summed E-state index contributed by atoms with van der Waals surface area (Å²) in [6.07, 6.45) is 7.40. The Labute approximate surface area is 135 Å². The van der Waals surface area contributed by atoms with Gasteiger partial charge in [0.1, 0.15) is 11.5 Å². The molecule has 6 heteroatoms. The van der Waals surface area contributed by atoms with Gasteiger partial charge >= 0.3 is 0 Å². The van der Waals surface area contributed by atoms with Gasteiger partial charge in [-0.15, -0.1) is 0 Å². The van der Waals surface area contributed by atoms with Crippen LogP contribution in [0.2, 0.25) is 0 Å². The van der Waals surface area contributed by atoms with E-state index in [1.807, 2.05) is 35.2 Å². The molecule has 0 unspecified atom stereocenters. The number of imidazole rings is 2. The maximum absolute atomic E-state index is 5.49. The highest BCUT2D eigenvalue weighted by atomic mass is 16.5. The van der Waals surface area contributed by atoms with Crippen molar-refractivity contribution in [2.24, 2.45) is 0 Å². The Kier molecular flexibility index (Phi) is 4.06. The quantitative estimate of drug-likeness (QED) is 0.725. The van der Waals surface area contributed by atoms with Crippen molar-refractivity contribution >= 4 is 0 Å². The first kappa shape index (κ1) is 15.1. The molecule has 3 aromatic rings. The zero-order chi connectivity index (χ0) is 16.4. The molecule has 2 heterocycles. The zero-order valence-electron chi connectivity index (χ0n) is 13.7. The Morgan fingerprint density at radius 3 is 2.39 bits per heavy atom. The van der Waals surface area contributed by atoms with Gasteiger partial charge in [0.2, 0.25) is 0 Å². The molecule has 0 saturated carbocycles. The van der Waals surface area contributed by atoms with E-state index in [9.17, 15) is 0 Å². The van der Waals surface area contributed by atoms with Gasteiger partial charge in [-0.1, -0.05) is 0 Å². The summed E-state index contributed by atoms with van der Waals surface area (Å²) in [7, 11) is 3.29. The Morgan fingerprint density at radius 2 is 1.70 bits per heavy atom. The van der Waals surface area contributed by atoms with Crippen molar-refractivity contribution in [2.75, 3.05) is 14.2 Å². The minimum Gasteiger partial charge on any atom is -0.497 e. The molecule has 0 aliphatic rings. The fourth-order valence-corrected chi connectivity index (χ4v) is 2.55. The first-order valence-electron chi connectivity index (χ1n) is 7.44. The highest BCUT2D eigenvalue weighted by molar-refractivity contribution is 5.58. The summed E-state index contributed by atoms with van der Waals surface area (Å²) >= 11 is 0. The molecule has 0 atom stereocenters. The van der Waals surface area contributed by atoms with E-state index in [0.29, 0.717) is 6.04 Å². The van der Waals surface area contributed by atoms with Crippen LogP contribution in [0.1, 0.15) is 19.9 Å². The summed E-state index contributed by atoms with van der Waals surface area (Å²) in [5.74, 6) is 3.07. The van der Waals surface area contributed by atoms with Crippen molar-refractivity contribution in [3.05, 3.63) is 43.0 Å². The maximum atomic E-state index is 5.49. The molecule has 0 spiro atoms. The van der Waals surface area contributed by atoms with Gasteiger partial charge in [-0.2, -0.15) is 0 Å². The molecular weight excluding hydrogens is 292 g/mol. The monoisotopic (exact) mass is 312 g/mol. The molecule has 0 fully saturated rings. The number of aromatic nitrogens is 4. The predicted octanol–water partition coefficient (Wildman–Crippen LogP) is 3.33. The third kappa shape index (κ3) is 2.67. The van der Waals surface area contributed by atoms with Gasteiger partial charge in [0.15, 0.2) is 11.6 Å². The SMILES string of the molecule is COc1ccc(OC)c(-n2ccnc2-c2nccn2C(C)C)c1. The highest BCUT2D eigenvalue weighted by Gasteiger charge is 2.17. The second kappa shape index (κ2) is 6.16. The fourth-order valence-electron chi connectivity index (χ4n) is 2.55. The van der Waals surface area contributed by atoms with Gasteiger partial charge in [0.25, 0.3) is 0 Å². The van der Waals surface area contributed by atoms with Crippen molar-refractivity contribution in [1.82, 2.24) is 19.1 Å². The smallest absolute Gasteiger partial charge is 0.181 e. The van der Waals surface area contributed by atoms with Crippen LogP contribution < -0.4 is 9.47 Å². The van der Waals surface area contributed by atoms with Gasteiger partial charge in [-0.25, -0.2) is 9.97 Å². The zero-order valence-corrected chi connectivity index (χ0v) is 13.7. The van der Waals surface area contributed by atoms with E-state index in [4.69, 9.17) is 9.47 Å². The van der Waals surface area contributed by atoms with Crippen molar-refractivity contribution in [3.63, 3.8) is 0 Å². The number of ether oxygens (including phenoxy) is 2. The minimum absolute atomic E-state index is 0.296. The summed E-state index contributed by atoms with van der Waals surface area (Å²) in [5.41, 5.74) is 0.859. The van der Waals surface area contributed by atoms with Crippen LogP contribution in [0.15, 0.2) is 43.0 Å². The molecule has 2 aromatic heterocycles. The van der Waals surface area contributed by atoms with E-state index < -0.39 is 0 Å². The normalized spacial score (nSPS) is 11.0. The Balaban J connectivity index is 2.17. The molecule has 0 aliphatic carbocycles. The molecule has 23 heavy (non-hydrogen) atoms. The summed E-state index contributed by atoms with van der Waals surface area (Å²) in [5, 5.41) is 0. The van der Waals surface area contributed by atoms with Gasteiger partial charge in [0, 0.05) is 36.9 Å². The fraction of sp³-hybridized carbons (Fsp3) is 0.294. The molecule has 6 nitrogen and oxygen atoms in total. The summed E-state index contributed by atoms with van der Waals surface area (Å²) in [6.45, 7) is 4.23. The molecule has 0 radical (unpaired) electrons. The lowest BCUT2D eigenvalue weighted by Gasteiger charge is -2.15. The van der Waals surface area contributed by atoms with E-state index in [1.165, 1.54) is 0 Å². The summed E-state index contributed by atoms with van der Waals surface area (Å²) in [6, 6.07) is 5.97. The molecule has 3 rings (SSSR count). The third-order valence-electron chi connectivity index (χ3n) is 3.71. The van der Waals surface area contributed by atoms with Gasteiger partial charge in [0.05, 0.1) is 19.9 Å². The molecule has 1 aromatic carbocycles. The average Bonchev–Trinajstić information content (AvgIpc) is 3.22. The minimum atomic E-state index is 0.296. The Morgan fingerprint density at radius 1 is 0.957 bits per heavy atom. The first-order valence-corrected chi connectivity index (χ1v) is 7.44. The van der Waals surface area contributed by atoms with Gasteiger partial charge in [-0.3, -0.25) is 4.57 Å². The van der Waals surface area contributed by atoms with Crippen LogP contribution in [0.5, 0.6) is 11.5 Å². The van der Waals surface area contributed by atoms with Crippen molar-refractivity contribution in [3.8, 4) is 28.8 Å². The standard InChI is InChI=1S/C17H20N4O2/c1-12(2)20-9-7-18-16(20)17-19-8-10-21(17)14-11-13(22-3)5-6-15(14)23-4/h5-12H,1-4H3. The first-order chi connectivity index (χ1) is 11.2. The number of benzene rings is 1. The van der Waals surface area contributed by atoms with Crippen LogP contribution in [0.4, 0.5) is 0 Å². The lowest BCUT2D eigenvalue weighted by Crippen LogP contribution is -2.07. The number of hydrogen-bond donors (Lipinski definition) is 0. The lowest BCUT2D eigenvalue weighted by molar-refractivity contribution is 0.401. The largest absolute Gasteiger partial charge is 0.497 e. The topological polar surface area (TPSA) is 54.1 Å². The van der Waals surface area contributed by atoms with E-state index in [1.54, 1.807) is 26.6 Å². The third-order valence-corrected chi connectivity index (χ3v) is 3.71. The summed E-state index contributed by atoms with van der Waals surface area (Å²) in [4.78, 5) is 8.96. The van der Waals surface area contributed by atoms with Crippen molar-refractivity contribution in [1.29, 1.82) is 0 Å². The van der Waals surface area contributed by atoms with Gasteiger partial charge < -0.3 is 14.0 Å². The van der Waals surface area contributed by atoms with E-state index in [2.05, 4.69) is 28.4 Å². The number of nitrogens with zero attached hydrogens (tertiary/aromatic N) is 4. The highest BCUT2D eigenvalue weighted by Crippen LogP contribution is 2.31. The van der Waals surface area contributed by atoms with Crippen LogP contribution in [0, 0.1) is 0 Å². The van der Waals surface area contributed by atoms with Crippen LogP contribution >= 0.6 is 0 Å². The molecule has 0 N–H and O–H groups in total. The average molecular weight is 312 g/mol.